The Morgan fingerprint density at radius 2 is 2.00 bits per heavy atom. The van der Waals surface area contributed by atoms with Gasteiger partial charge in [-0.2, -0.15) is 0 Å². The molecule has 0 saturated heterocycles. The molecule has 1 aromatic carbocycles. The molecule has 0 aliphatic heterocycles. The Morgan fingerprint density at radius 3 is 2.60 bits per heavy atom. The van der Waals surface area contributed by atoms with E-state index >= 15 is 0 Å². The van der Waals surface area contributed by atoms with Crippen molar-refractivity contribution in [2.24, 2.45) is 5.92 Å². The molecule has 2 rings (SSSR count). The molecular weight excluding hydrogens is 325 g/mol. The van der Waals surface area contributed by atoms with Crippen LogP contribution in [0.2, 0.25) is 0 Å². The van der Waals surface area contributed by atoms with Gasteiger partial charge in [-0.15, -0.1) is 0 Å². The molecule has 1 amide bonds. The summed E-state index contributed by atoms with van der Waals surface area (Å²) in [5.74, 6) is -0.550. The first-order valence-electron chi connectivity index (χ1n) is 6.00. The van der Waals surface area contributed by atoms with Gasteiger partial charge in [0.05, 0.1) is 5.56 Å². The molecule has 7 heteroatoms. The largest absolute Gasteiger partial charge is 0.458 e. The van der Waals surface area contributed by atoms with Crippen LogP contribution in [0.5, 0.6) is 0 Å². The number of halogens is 3. The lowest BCUT2D eigenvalue weighted by atomic mass is 10.2. The maximum absolute atomic E-state index is 11.8. The summed E-state index contributed by atoms with van der Waals surface area (Å²) in [6.07, 6.45) is 1.83. The highest BCUT2D eigenvalue weighted by atomic mass is 35.6. The van der Waals surface area contributed by atoms with Gasteiger partial charge in [0.1, 0.15) is 6.61 Å². The monoisotopic (exact) mass is 335 g/mol. The number of carbonyl (C=O) groups is 2. The number of esters is 1. The summed E-state index contributed by atoms with van der Waals surface area (Å²) in [7, 11) is 0. The van der Waals surface area contributed by atoms with Crippen LogP contribution < -0.4 is 5.32 Å². The van der Waals surface area contributed by atoms with Crippen molar-refractivity contribution >= 4 is 52.4 Å². The highest BCUT2D eigenvalue weighted by Crippen LogP contribution is 2.30. The van der Waals surface area contributed by atoms with Crippen LogP contribution in [-0.2, 0) is 9.53 Å². The average molecular weight is 337 g/mol. The zero-order valence-corrected chi connectivity index (χ0v) is 12.6. The van der Waals surface area contributed by atoms with Crippen LogP contribution in [0.15, 0.2) is 24.3 Å². The van der Waals surface area contributed by atoms with Gasteiger partial charge in [0.2, 0.25) is 9.70 Å². The average Bonchev–Trinajstić information content (AvgIpc) is 3.19. The number of hydrogen-bond donors (Lipinski definition) is 1. The summed E-state index contributed by atoms with van der Waals surface area (Å²) in [4.78, 5) is 23.4. The van der Waals surface area contributed by atoms with E-state index in [0.29, 0.717) is 5.69 Å². The van der Waals surface area contributed by atoms with Gasteiger partial charge in [-0.05, 0) is 31.0 Å². The lowest BCUT2D eigenvalue weighted by molar-refractivity contribution is -0.117. The SMILES string of the molecule is O=C(OCC(Cl)(Cl)Cl)c1cccc(NC(=O)C2CC2)c1. The summed E-state index contributed by atoms with van der Waals surface area (Å²) >= 11 is 16.5. The lowest BCUT2D eigenvalue weighted by Crippen LogP contribution is -2.18. The molecule has 4 nitrogen and oxygen atoms in total. The lowest BCUT2D eigenvalue weighted by Gasteiger charge is -2.12. The Bertz CT molecular complexity index is 524. The van der Waals surface area contributed by atoms with Gasteiger partial charge in [-0.25, -0.2) is 4.79 Å². The first-order chi connectivity index (χ1) is 9.35. The quantitative estimate of drug-likeness (QED) is 0.675. The number of nitrogens with one attached hydrogen (secondary N) is 1. The molecule has 1 aromatic rings. The second kappa shape index (κ2) is 6.20. The van der Waals surface area contributed by atoms with Gasteiger partial charge in [0.25, 0.3) is 0 Å². The standard InChI is InChI=1S/C13H12Cl3NO3/c14-13(15,16)7-20-12(19)9-2-1-3-10(6-9)17-11(18)8-4-5-8/h1-3,6,8H,4-5,7H2,(H,17,18). The van der Waals surface area contributed by atoms with Crippen LogP contribution >= 0.6 is 34.8 Å². The van der Waals surface area contributed by atoms with E-state index in [9.17, 15) is 9.59 Å². The maximum Gasteiger partial charge on any atom is 0.338 e. The van der Waals surface area contributed by atoms with Crippen molar-refractivity contribution in [3.05, 3.63) is 29.8 Å². The number of carbonyl (C=O) groups excluding carboxylic acids is 2. The summed E-state index contributed by atoms with van der Waals surface area (Å²) in [6, 6.07) is 6.44. The van der Waals surface area contributed by atoms with Crippen LogP contribution in [0.3, 0.4) is 0 Å². The number of hydrogen-bond acceptors (Lipinski definition) is 3. The predicted molar refractivity (Wildman–Crippen MR) is 78.4 cm³/mol. The Labute approximate surface area is 131 Å². The molecule has 1 N–H and O–H groups in total. The maximum atomic E-state index is 11.8. The predicted octanol–water partition coefficient (Wildman–Crippen LogP) is 3.56. The van der Waals surface area contributed by atoms with Crippen molar-refractivity contribution in [3.8, 4) is 0 Å². The minimum absolute atomic E-state index is 0.0307. The second-order valence-corrected chi connectivity index (χ2v) is 7.05. The Kier molecular flexibility index (Phi) is 4.78. The third-order valence-corrected chi connectivity index (χ3v) is 3.01. The van der Waals surface area contributed by atoms with Gasteiger partial charge >= 0.3 is 5.97 Å². The number of amides is 1. The van der Waals surface area contributed by atoms with Crippen LogP contribution in [0.1, 0.15) is 23.2 Å². The Balaban J connectivity index is 1.97. The van der Waals surface area contributed by atoms with Crippen LogP contribution in [-0.4, -0.2) is 22.3 Å². The normalized spacial score (nSPS) is 14.8. The van der Waals surface area contributed by atoms with Gasteiger partial charge in [-0.3, -0.25) is 4.79 Å². The summed E-state index contributed by atoms with van der Waals surface area (Å²) in [5, 5.41) is 2.75. The van der Waals surface area contributed by atoms with Crippen molar-refractivity contribution in [1.29, 1.82) is 0 Å². The van der Waals surface area contributed by atoms with Gasteiger partial charge in [0.15, 0.2) is 0 Å². The molecule has 1 aliphatic carbocycles. The molecule has 0 radical (unpaired) electrons. The van der Waals surface area contributed by atoms with Crippen molar-refractivity contribution < 1.29 is 14.3 Å². The molecule has 1 aliphatic rings. The topological polar surface area (TPSA) is 55.4 Å². The van der Waals surface area contributed by atoms with Crippen molar-refractivity contribution in [3.63, 3.8) is 0 Å². The zero-order valence-electron chi connectivity index (χ0n) is 10.4. The minimum Gasteiger partial charge on any atom is -0.458 e. The van der Waals surface area contributed by atoms with Crippen LogP contribution in [0.25, 0.3) is 0 Å². The third-order valence-electron chi connectivity index (χ3n) is 2.68. The summed E-state index contributed by atoms with van der Waals surface area (Å²) in [6.45, 7) is -0.338. The van der Waals surface area contributed by atoms with Crippen molar-refractivity contribution in [2.75, 3.05) is 11.9 Å². The minimum atomic E-state index is -1.65. The van der Waals surface area contributed by atoms with Gasteiger partial charge in [-0.1, -0.05) is 40.9 Å². The number of rotatable bonds is 4. The van der Waals surface area contributed by atoms with E-state index in [1.54, 1.807) is 18.2 Å². The molecule has 0 spiro atoms. The second-order valence-electron chi connectivity index (χ2n) is 4.54. The molecule has 0 aromatic heterocycles. The number of anilines is 1. The first-order valence-corrected chi connectivity index (χ1v) is 7.13. The third kappa shape index (κ3) is 4.85. The fourth-order valence-corrected chi connectivity index (χ4v) is 1.71. The van der Waals surface area contributed by atoms with Crippen molar-refractivity contribution in [1.82, 2.24) is 0 Å². The molecular formula is C13H12Cl3NO3. The highest BCUT2D eigenvalue weighted by molar-refractivity contribution is 6.67. The van der Waals surface area contributed by atoms with E-state index in [1.807, 2.05) is 0 Å². The molecule has 1 saturated carbocycles. The van der Waals surface area contributed by atoms with Crippen molar-refractivity contribution in [2.45, 2.75) is 16.6 Å². The molecule has 0 unspecified atom stereocenters. The first kappa shape index (κ1) is 15.4. The van der Waals surface area contributed by atoms with E-state index in [2.05, 4.69) is 5.32 Å². The van der Waals surface area contributed by atoms with E-state index in [4.69, 9.17) is 39.5 Å². The van der Waals surface area contributed by atoms with Gasteiger partial charge < -0.3 is 10.1 Å². The number of alkyl halides is 3. The van der Waals surface area contributed by atoms with E-state index in [-0.39, 0.29) is 24.0 Å². The fourth-order valence-electron chi connectivity index (χ4n) is 1.54. The number of benzene rings is 1. The van der Waals surface area contributed by atoms with E-state index < -0.39 is 9.76 Å². The van der Waals surface area contributed by atoms with Crippen LogP contribution in [0.4, 0.5) is 5.69 Å². The van der Waals surface area contributed by atoms with E-state index in [0.717, 1.165) is 12.8 Å². The smallest absolute Gasteiger partial charge is 0.338 e. The molecule has 108 valence electrons. The summed E-state index contributed by atoms with van der Waals surface area (Å²) < 4.78 is 3.22. The number of ether oxygens (including phenoxy) is 1. The molecule has 1 fully saturated rings. The molecule has 20 heavy (non-hydrogen) atoms. The Hall–Kier alpha value is -0.970. The highest BCUT2D eigenvalue weighted by Gasteiger charge is 2.29. The fraction of sp³-hybridized carbons (Fsp3) is 0.385. The molecule has 0 atom stereocenters. The molecule has 0 heterocycles. The van der Waals surface area contributed by atoms with E-state index in [1.165, 1.54) is 6.07 Å². The van der Waals surface area contributed by atoms with Gasteiger partial charge in [0, 0.05) is 11.6 Å². The Morgan fingerprint density at radius 1 is 1.30 bits per heavy atom. The zero-order chi connectivity index (χ0) is 14.8. The summed E-state index contributed by atoms with van der Waals surface area (Å²) in [5.41, 5.74) is 0.832. The molecule has 0 bridgehead atoms. The van der Waals surface area contributed by atoms with Crippen LogP contribution in [0, 0.1) is 5.92 Å².